The standard InChI is InChI=1S/C13H25N3O4S/c1-4-8(2)11(16-10(17)7-14)12(18)15-9(13(19)20)5-6-21-3/h8-9,11H,4-7,14H2,1-3H3,(H,15,18)(H,16,17)(H,19,20)/t8-,9-,11-/m0/s1. The van der Waals surface area contributed by atoms with Gasteiger partial charge in [-0.05, 0) is 24.3 Å². The Labute approximate surface area is 129 Å². The Hall–Kier alpha value is -1.28. The molecule has 0 heterocycles. The molecular weight excluding hydrogens is 294 g/mol. The maximum absolute atomic E-state index is 12.2. The molecular formula is C13H25N3O4S. The number of hydrogen-bond acceptors (Lipinski definition) is 5. The summed E-state index contributed by atoms with van der Waals surface area (Å²) in [5.74, 6) is -1.49. The molecule has 21 heavy (non-hydrogen) atoms. The zero-order valence-corrected chi connectivity index (χ0v) is 13.5. The number of carbonyl (C=O) groups is 3. The lowest BCUT2D eigenvalue weighted by Gasteiger charge is -2.25. The lowest BCUT2D eigenvalue weighted by Crippen LogP contribution is -2.55. The Balaban J connectivity index is 4.84. The van der Waals surface area contributed by atoms with E-state index in [1.807, 2.05) is 20.1 Å². The van der Waals surface area contributed by atoms with E-state index in [0.29, 0.717) is 18.6 Å². The summed E-state index contributed by atoms with van der Waals surface area (Å²) >= 11 is 1.51. The van der Waals surface area contributed by atoms with Gasteiger partial charge in [0, 0.05) is 0 Å². The SMILES string of the molecule is CC[C@H](C)[C@H](NC(=O)CN)C(=O)N[C@@H](CCSC)C(=O)O. The van der Waals surface area contributed by atoms with E-state index in [2.05, 4.69) is 10.6 Å². The first-order chi connectivity index (χ1) is 9.87. The largest absolute Gasteiger partial charge is 0.480 e. The van der Waals surface area contributed by atoms with Gasteiger partial charge in [-0.1, -0.05) is 20.3 Å². The third-order valence-corrected chi connectivity index (χ3v) is 3.87. The molecule has 7 nitrogen and oxygen atoms in total. The maximum Gasteiger partial charge on any atom is 0.326 e. The average molecular weight is 319 g/mol. The van der Waals surface area contributed by atoms with Gasteiger partial charge < -0.3 is 21.5 Å². The van der Waals surface area contributed by atoms with Crippen LogP contribution in [0.1, 0.15) is 26.7 Å². The minimum atomic E-state index is -1.08. The Kier molecular flexibility index (Phi) is 9.81. The van der Waals surface area contributed by atoms with Crippen LogP contribution < -0.4 is 16.4 Å². The fourth-order valence-corrected chi connectivity index (χ4v) is 2.16. The molecule has 3 atom stereocenters. The zero-order chi connectivity index (χ0) is 16.4. The van der Waals surface area contributed by atoms with E-state index in [9.17, 15) is 14.4 Å². The minimum absolute atomic E-state index is 0.115. The molecule has 0 saturated heterocycles. The number of nitrogens with two attached hydrogens (primary N) is 1. The highest BCUT2D eigenvalue weighted by Crippen LogP contribution is 2.09. The second-order valence-electron chi connectivity index (χ2n) is 4.82. The molecule has 0 aromatic heterocycles. The Morgan fingerprint density at radius 2 is 1.90 bits per heavy atom. The number of thioether (sulfide) groups is 1. The van der Waals surface area contributed by atoms with Crippen molar-refractivity contribution in [3.8, 4) is 0 Å². The molecule has 0 aliphatic rings. The molecule has 0 saturated carbocycles. The molecule has 0 bridgehead atoms. The average Bonchev–Trinajstić information content (AvgIpc) is 2.47. The van der Waals surface area contributed by atoms with Crippen LogP contribution in [0.3, 0.4) is 0 Å². The molecule has 0 aliphatic carbocycles. The normalized spacial score (nSPS) is 14.9. The summed E-state index contributed by atoms with van der Waals surface area (Å²) in [7, 11) is 0. The van der Waals surface area contributed by atoms with Gasteiger partial charge in [0.15, 0.2) is 0 Å². The molecule has 2 amide bonds. The topological polar surface area (TPSA) is 122 Å². The van der Waals surface area contributed by atoms with Crippen molar-refractivity contribution < 1.29 is 19.5 Å². The fourth-order valence-electron chi connectivity index (χ4n) is 1.69. The van der Waals surface area contributed by atoms with Crippen LogP contribution in [0.2, 0.25) is 0 Å². The van der Waals surface area contributed by atoms with Gasteiger partial charge in [-0.15, -0.1) is 0 Å². The van der Waals surface area contributed by atoms with Crippen molar-refractivity contribution in [1.29, 1.82) is 0 Å². The zero-order valence-electron chi connectivity index (χ0n) is 12.7. The molecule has 122 valence electrons. The molecule has 0 radical (unpaired) electrons. The monoisotopic (exact) mass is 319 g/mol. The third-order valence-electron chi connectivity index (χ3n) is 3.22. The van der Waals surface area contributed by atoms with E-state index >= 15 is 0 Å². The van der Waals surface area contributed by atoms with E-state index in [1.54, 1.807) is 0 Å². The number of carboxylic acid groups (broad SMARTS) is 1. The number of hydrogen-bond donors (Lipinski definition) is 4. The van der Waals surface area contributed by atoms with E-state index in [4.69, 9.17) is 10.8 Å². The van der Waals surface area contributed by atoms with Crippen molar-refractivity contribution in [2.75, 3.05) is 18.6 Å². The van der Waals surface area contributed by atoms with E-state index in [0.717, 1.165) is 0 Å². The molecule has 0 fully saturated rings. The van der Waals surface area contributed by atoms with Crippen LogP contribution in [-0.2, 0) is 14.4 Å². The van der Waals surface area contributed by atoms with E-state index < -0.39 is 29.9 Å². The van der Waals surface area contributed by atoms with Crippen LogP contribution in [-0.4, -0.2) is 53.5 Å². The number of aliphatic carboxylic acids is 1. The van der Waals surface area contributed by atoms with Crippen LogP contribution >= 0.6 is 11.8 Å². The van der Waals surface area contributed by atoms with Crippen molar-refractivity contribution in [3.63, 3.8) is 0 Å². The second-order valence-corrected chi connectivity index (χ2v) is 5.80. The van der Waals surface area contributed by atoms with Crippen LogP contribution in [0.4, 0.5) is 0 Å². The number of carbonyl (C=O) groups excluding carboxylic acids is 2. The predicted molar refractivity (Wildman–Crippen MR) is 83.0 cm³/mol. The summed E-state index contributed by atoms with van der Waals surface area (Å²) < 4.78 is 0. The molecule has 0 aliphatic heterocycles. The smallest absolute Gasteiger partial charge is 0.326 e. The van der Waals surface area contributed by atoms with Gasteiger partial charge >= 0.3 is 5.97 Å². The highest BCUT2D eigenvalue weighted by atomic mass is 32.2. The van der Waals surface area contributed by atoms with Crippen LogP contribution in [0.15, 0.2) is 0 Å². The van der Waals surface area contributed by atoms with E-state index in [-0.39, 0.29) is 12.5 Å². The second kappa shape index (κ2) is 10.4. The van der Waals surface area contributed by atoms with Crippen molar-refractivity contribution in [2.45, 2.75) is 38.8 Å². The highest BCUT2D eigenvalue weighted by Gasteiger charge is 2.29. The van der Waals surface area contributed by atoms with Crippen LogP contribution in [0.5, 0.6) is 0 Å². The summed E-state index contributed by atoms with van der Waals surface area (Å²) in [6.07, 6.45) is 2.87. The summed E-state index contributed by atoms with van der Waals surface area (Å²) in [4.78, 5) is 34.8. The van der Waals surface area contributed by atoms with Crippen molar-refractivity contribution in [1.82, 2.24) is 10.6 Å². The summed E-state index contributed by atoms with van der Waals surface area (Å²) in [5.41, 5.74) is 5.24. The van der Waals surface area contributed by atoms with Gasteiger partial charge in [-0.3, -0.25) is 9.59 Å². The number of nitrogens with one attached hydrogen (secondary N) is 2. The molecule has 8 heteroatoms. The van der Waals surface area contributed by atoms with E-state index in [1.165, 1.54) is 11.8 Å². The molecule has 0 unspecified atom stereocenters. The minimum Gasteiger partial charge on any atom is -0.480 e. The maximum atomic E-state index is 12.2. The molecule has 0 aromatic rings. The Morgan fingerprint density at radius 1 is 1.29 bits per heavy atom. The summed E-state index contributed by atoms with van der Waals surface area (Å²) in [6, 6.07) is -1.73. The van der Waals surface area contributed by atoms with Gasteiger partial charge in [0.25, 0.3) is 0 Å². The number of amides is 2. The van der Waals surface area contributed by atoms with Gasteiger partial charge in [-0.25, -0.2) is 4.79 Å². The summed E-state index contributed by atoms with van der Waals surface area (Å²) in [5, 5.41) is 14.2. The van der Waals surface area contributed by atoms with Gasteiger partial charge in [0.1, 0.15) is 12.1 Å². The quantitative estimate of drug-likeness (QED) is 0.442. The Morgan fingerprint density at radius 3 is 2.33 bits per heavy atom. The fraction of sp³-hybridized carbons (Fsp3) is 0.769. The van der Waals surface area contributed by atoms with Crippen molar-refractivity contribution >= 4 is 29.5 Å². The van der Waals surface area contributed by atoms with Gasteiger partial charge in [-0.2, -0.15) is 11.8 Å². The van der Waals surface area contributed by atoms with Crippen LogP contribution in [0, 0.1) is 5.92 Å². The van der Waals surface area contributed by atoms with Crippen molar-refractivity contribution in [3.05, 3.63) is 0 Å². The first-order valence-corrected chi connectivity index (χ1v) is 8.28. The number of carboxylic acids is 1. The number of rotatable bonds is 10. The van der Waals surface area contributed by atoms with Crippen molar-refractivity contribution in [2.24, 2.45) is 11.7 Å². The molecule has 0 aromatic carbocycles. The third kappa shape index (κ3) is 7.33. The molecule has 0 spiro atoms. The summed E-state index contributed by atoms with van der Waals surface area (Å²) in [6.45, 7) is 3.50. The first-order valence-electron chi connectivity index (χ1n) is 6.88. The predicted octanol–water partition coefficient (Wildman–Crippen LogP) is -0.201. The van der Waals surface area contributed by atoms with Crippen LogP contribution in [0.25, 0.3) is 0 Å². The molecule has 0 rings (SSSR count). The first kappa shape index (κ1) is 19.7. The van der Waals surface area contributed by atoms with Gasteiger partial charge in [0.05, 0.1) is 6.54 Å². The Bertz CT molecular complexity index is 365. The van der Waals surface area contributed by atoms with Gasteiger partial charge in [0.2, 0.25) is 11.8 Å². The molecule has 5 N–H and O–H groups in total. The highest BCUT2D eigenvalue weighted by molar-refractivity contribution is 7.98. The lowest BCUT2D eigenvalue weighted by atomic mass is 9.97. The lowest BCUT2D eigenvalue weighted by molar-refractivity contribution is -0.142.